The van der Waals surface area contributed by atoms with E-state index in [1.807, 2.05) is 20.8 Å². The van der Waals surface area contributed by atoms with Crippen LogP contribution in [0.4, 0.5) is 10.5 Å². The van der Waals surface area contributed by atoms with Crippen LogP contribution in [-0.2, 0) is 4.74 Å². The van der Waals surface area contributed by atoms with E-state index in [9.17, 15) is 4.79 Å². The number of anilines is 1. The Morgan fingerprint density at radius 1 is 1.07 bits per heavy atom. The van der Waals surface area contributed by atoms with Crippen LogP contribution in [-0.4, -0.2) is 42.9 Å². The third-order valence-electron chi connectivity index (χ3n) is 5.53. The minimum absolute atomic E-state index is 0.150. The number of nitrogens with zero attached hydrogens (tertiary/aromatic N) is 1. The number of hydrogen-bond acceptors (Lipinski definition) is 4. The molecule has 2 N–H and O–H groups in total. The van der Waals surface area contributed by atoms with Gasteiger partial charge in [-0.25, -0.2) is 4.79 Å². The van der Waals surface area contributed by atoms with E-state index in [1.165, 1.54) is 28.5 Å². The summed E-state index contributed by atoms with van der Waals surface area (Å²) in [5, 5.41) is 7.00. The zero-order valence-electron chi connectivity index (χ0n) is 17.3. The smallest absolute Gasteiger partial charge is 0.407 e. The SMILES string of the molecule is CC(C)(C)OC(=O)N[C@@H]1CCCC[C@H]1N[C@H]1CCCN(c2ccc(I)cc2)C1. The summed E-state index contributed by atoms with van der Waals surface area (Å²) in [4.78, 5) is 14.7. The average molecular weight is 499 g/mol. The zero-order valence-corrected chi connectivity index (χ0v) is 19.5. The van der Waals surface area contributed by atoms with Crippen molar-refractivity contribution >= 4 is 34.4 Å². The highest BCUT2D eigenvalue weighted by Crippen LogP contribution is 2.24. The summed E-state index contributed by atoms with van der Waals surface area (Å²) in [5.74, 6) is 0. The molecular weight excluding hydrogens is 465 g/mol. The van der Waals surface area contributed by atoms with Crippen LogP contribution >= 0.6 is 22.6 Å². The van der Waals surface area contributed by atoms with E-state index < -0.39 is 5.60 Å². The molecule has 156 valence electrons. The predicted molar refractivity (Wildman–Crippen MR) is 123 cm³/mol. The standard InChI is InChI=1S/C22H34IN3O2/c1-22(2,3)28-21(27)25-20-9-5-4-8-19(20)24-17-7-6-14-26(15-17)18-12-10-16(23)11-13-18/h10-13,17,19-20,24H,4-9,14-15H2,1-3H3,(H,25,27)/t17-,19+,20+/m0/s1. The largest absolute Gasteiger partial charge is 0.444 e. The molecule has 3 atom stereocenters. The number of rotatable bonds is 4. The van der Waals surface area contributed by atoms with Gasteiger partial charge in [0.2, 0.25) is 0 Å². The van der Waals surface area contributed by atoms with E-state index in [-0.39, 0.29) is 12.1 Å². The van der Waals surface area contributed by atoms with Gasteiger partial charge in [0.15, 0.2) is 0 Å². The van der Waals surface area contributed by atoms with Crippen LogP contribution in [0.25, 0.3) is 0 Å². The highest BCUT2D eigenvalue weighted by Gasteiger charge is 2.31. The minimum atomic E-state index is -0.459. The second-order valence-corrected chi connectivity index (χ2v) is 10.3. The van der Waals surface area contributed by atoms with E-state index in [4.69, 9.17) is 4.74 Å². The number of nitrogens with one attached hydrogen (secondary N) is 2. The Balaban J connectivity index is 1.57. The predicted octanol–water partition coefficient (Wildman–Crippen LogP) is 4.69. The first-order valence-corrected chi connectivity index (χ1v) is 11.6. The summed E-state index contributed by atoms with van der Waals surface area (Å²) in [6, 6.07) is 9.72. The lowest BCUT2D eigenvalue weighted by Crippen LogP contribution is -2.57. The van der Waals surface area contributed by atoms with E-state index in [1.54, 1.807) is 0 Å². The molecule has 2 fully saturated rings. The van der Waals surface area contributed by atoms with Gasteiger partial charge in [0.1, 0.15) is 5.60 Å². The Bertz CT molecular complexity index is 644. The van der Waals surface area contributed by atoms with Gasteiger partial charge in [0.25, 0.3) is 0 Å². The molecule has 0 bridgehead atoms. The zero-order chi connectivity index (χ0) is 20.1. The Kier molecular flexibility index (Phi) is 7.48. The van der Waals surface area contributed by atoms with Crippen LogP contribution in [0.1, 0.15) is 59.3 Å². The molecule has 1 aromatic carbocycles. The Morgan fingerprint density at radius 3 is 2.43 bits per heavy atom. The average Bonchev–Trinajstić information content (AvgIpc) is 2.63. The second-order valence-electron chi connectivity index (χ2n) is 9.07. The molecule has 1 aliphatic heterocycles. The molecule has 0 spiro atoms. The lowest BCUT2D eigenvalue weighted by molar-refractivity contribution is 0.0476. The number of alkyl carbamates (subject to hydrolysis) is 1. The number of halogens is 1. The van der Waals surface area contributed by atoms with Gasteiger partial charge in [-0.1, -0.05) is 12.8 Å². The number of piperidine rings is 1. The van der Waals surface area contributed by atoms with Gasteiger partial charge in [-0.2, -0.15) is 0 Å². The number of carbonyl (C=O) groups is 1. The van der Waals surface area contributed by atoms with Gasteiger partial charge >= 0.3 is 6.09 Å². The van der Waals surface area contributed by atoms with E-state index in [0.717, 1.165) is 32.4 Å². The van der Waals surface area contributed by atoms with Gasteiger partial charge in [0, 0.05) is 40.5 Å². The van der Waals surface area contributed by atoms with Gasteiger partial charge in [-0.05, 0) is 93.3 Å². The van der Waals surface area contributed by atoms with Crippen molar-refractivity contribution in [3.63, 3.8) is 0 Å². The first kappa shape index (κ1) is 21.7. The summed E-state index contributed by atoms with van der Waals surface area (Å²) in [7, 11) is 0. The third-order valence-corrected chi connectivity index (χ3v) is 6.25. The van der Waals surface area contributed by atoms with Crippen LogP contribution in [0.15, 0.2) is 24.3 Å². The van der Waals surface area contributed by atoms with Crippen molar-refractivity contribution in [3.05, 3.63) is 27.8 Å². The molecule has 0 unspecified atom stereocenters. The molecule has 1 aliphatic carbocycles. The molecule has 1 aromatic rings. The normalized spacial score (nSPS) is 26.0. The topological polar surface area (TPSA) is 53.6 Å². The highest BCUT2D eigenvalue weighted by atomic mass is 127. The fourth-order valence-corrected chi connectivity index (χ4v) is 4.62. The molecule has 0 aromatic heterocycles. The molecule has 1 heterocycles. The summed E-state index contributed by atoms with van der Waals surface area (Å²) in [5.41, 5.74) is 0.845. The summed E-state index contributed by atoms with van der Waals surface area (Å²) in [6.07, 6.45) is 6.60. The lowest BCUT2D eigenvalue weighted by atomic mass is 9.89. The van der Waals surface area contributed by atoms with Crippen LogP contribution in [0.2, 0.25) is 0 Å². The molecule has 2 aliphatic rings. The minimum Gasteiger partial charge on any atom is -0.444 e. The van der Waals surface area contributed by atoms with Gasteiger partial charge < -0.3 is 20.3 Å². The van der Waals surface area contributed by atoms with Crippen molar-refractivity contribution in [2.75, 3.05) is 18.0 Å². The molecule has 6 heteroatoms. The summed E-state index contributed by atoms with van der Waals surface area (Å²) in [6.45, 7) is 7.86. The monoisotopic (exact) mass is 499 g/mol. The van der Waals surface area contributed by atoms with Crippen molar-refractivity contribution in [1.29, 1.82) is 0 Å². The Morgan fingerprint density at radius 2 is 1.75 bits per heavy atom. The fraction of sp³-hybridized carbons (Fsp3) is 0.682. The van der Waals surface area contributed by atoms with E-state index in [0.29, 0.717) is 12.1 Å². The first-order valence-electron chi connectivity index (χ1n) is 10.6. The maximum Gasteiger partial charge on any atom is 0.407 e. The maximum atomic E-state index is 12.3. The van der Waals surface area contributed by atoms with Crippen LogP contribution in [0.5, 0.6) is 0 Å². The van der Waals surface area contributed by atoms with Crippen LogP contribution < -0.4 is 15.5 Å². The van der Waals surface area contributed by atoms with E-state index in [2.05, 4.69) is 62.4 Å². The number of amides is 1. The quantitative estimate of drug-likeness (QED) is 0.591. The highest BCUT2D eigenvalue weighted by molar-refractivity contribution is 14.1. The third kappa shape index (κ3) is 6.51. The summed E-state index contributed by atoms with van der Waals surface area (Å²) < 4.78 is 6.75. The molecule has 1 amide bonds. The molecule has 3 rings (SSSR count). The molecule has 1 saturated heterocycles. The molecule has 1 saturated carbocycles. The van der Waals surface area contributed by atoms with Gasteiger partial charge in [-0.15, -0.1) is 0 Å². The van der Waals surface area contributed by atoms with Crippen molar-refractivity contribution < 1.29 is 9.53 Å². The molecule has 0 radical (unpaired) electrons. The second kappa shape index (κ2) is 9.65. The van der Waals surface area contributed by atoms with Crippen LogP contribution in [0.3, 0.4) is 0 Å². The summed E-state index contributed by atoms with van der Waals surface area (Å²) >= 11 is 2.35. The Labute approximate surface area is 183 Å². The molecule has 28 heavy (non-hydrogen) atoms. The van der Waals surface area contributed by atoms with Gasteiger partial charge in [-0.3, -0.25) is 0 Å². The lowest BCUT2D eigenvalue weighted by Gasteiger charge is -2.40. The Hall–Kier alpha value is -1.02. The first-order chi connectivity index (χ1) is 13.3. The van der Waals surface area contributed by atoms with Crippen LogP contribution in [0, 0.1) is 3.57 Å². The van der Waals surface area contributed by atoms with E-state index >= 15 is 0 Å². The number of carbonyl (C=O) groups excluding carboxylic acids is 1. The number of hydrogen-bond donors (Lipinski definition) is 2. The number of ether oxygens (including phenoxy) is 1. The molecular formula is C22H34IN3O2. The van der Waals surface area contributed by atoms with Crippen molar-refractivity contribution in [2.45, 2.75) is 83.0 Å². The fourth-order valence-electron chi connectivity index (χ4n) is 4.26. The van der Waals surface area contributed by atoms with Crippen molar-refractivity contribution in [2.24, 2.45) is 0 Å². The van der Waals surface area contributed by atoms with Gasteiger partial charge in [0.05, 0.1) is 0 Å². The maximum absolute atomic E-state index is 12.3. The van der Waals surface area contributed by atoms with Crippen molar-refractivity contribution in [1.82, 2.24) is 10.6 Å². The molecule has 5 nitrogen and oxygen atoms in total. The van der Waals surface area contributed by atoms with Crippen molar-refractivity contribution in [3.8, 4) is 0 Å². The number of benzene rings is 1.